The minimum Gasteiger partial charge on any atom is -0.478 e. The molecule has 0 atom stereocenters. The summed E-state index contributed by atoms with van der Waals surface area (Å²) in [6.45, 7) is 2.77. The summed E-state index contributed by atoms with van der Waals surface area (Å²) in [6.07, 6.45) is 0. The molecule has 0 unspecified atom stereocenters. The van der Waals surface area contributed by atoms with Crippen LogP contribution in [0.15, 0.2) is 35.4 Å². The van der Waals surface area contributed by atoms with Gasteiger partial charge in [0.2, 0.25) is 0 Å². The number of hydrogen-bond donors (Lipinski definition) is 2. The quantitative estimate of drug-likeness (QED) is 0.792. The molecular formula is C12H12FNO3. The first-order chi connectivity index (χ1) is 7.91. The molecule has 4 nitrogen and oxygen atoms in total. The Morgan fingerprint density at radius 3 is 2.12 bits per heavy atom. The lowest BCUT2D eigenvalue weighted by molar-refractivity contribution is -0.133. The van der Waals surface area contributed by atoms with Gasteiger partial charge in [0.25, 0.3) is 5.91 Å². The van der Waals surface area contributed by atoms with E-state index in [1.807, 2.05) is 0 Å². The molecule has 90 valence electrons. The van der Waals surface area contributed by atoms with Gasteiger partial charge in [-0.05, 0) is 38.1 Å². The first-order valence-electron chi connectivity index (χ1n) is 4.89. The molecule has 1 rings (SSSR count). The molecule has 1 aromatic carbocycles. The molecular weight excluding hydrogens is 225 g/mol. The Kier molecular flexibility index (Phi) is 3.98. The average Bonchev–Trinajstić information content (AvgIpc) is 2.30. The number of carboxylic acids is 1. The Morgan fingerprint density at radius 1 is 1.12 bits per heavy atom. The zero-order valence-corrected chi connectivity index (χ0v) is 9.45. The molecule has 1 amide bonds. The van der Waals surface area contributed by atoms with Crippen molar-refractivity contribution in [1.29, 1.82) is 0 Å². The second-order valence-electron chi connectivity index (χ2n) is 3.52. The van der Waals surface area contributed by atoms with Crippen molar-refractivity contribution in [1.82, 2.24) is 0 Å². The van der Waals surface area contributed by atoms with Gasteiger partial charge in [-0.25, -0.2) is 9.18 Å². The Morgan fingerprint density at radius 2 is 1.65 bits per heavy atom. The zero-order valence-electron chi connectivity index (χ0n) is 9.45. The fourth-order valence-electron chi connectivity index (χ4n) is 1.09. The van der Waals surface area contributed by atoms with Gasteiger partial charge in [0.15, 0.2) is 0 Å². The third kappa shape index (κ3) is 3.41. The van der Waals surface area contributed by atoms with Crippen LogP contribution in [0, 0.1) is 5.82 Å². The molecule has 0 aliphatic carbocycles. The van der Waals surface area contributed by atoms with Crippen LogP contribution in [0.5, 0.6) is 0 Å². The van der Waals surface area contributed by atoms with Gasteiger partial charge in [-0.3, -0.25) is 4.79 Å². The minimum atomic E-state index is -1.14. The maximum Gasteiger partial charge on any atom is 0.331 e. The van der Waals surface area contributed by atoms with E-state index in [4.69, 9.17) is 5.11 Å². The van der Waals surface area contributed by atoms with Crippen LogP contribution in [0.1, 0.15) is 13.8 Å². The number of anilines is 1. The largest absolute Gasteiger partial charge is 0.478 e. The summed E-state index contributed by atoms with van der Waals surface area (Å²) >= 11 is 0. The predicted molar refractivity (Wildman–Crippen MR) is 61.0 cm³/mol. The van der Waals surface area contributed by atoms with E-state index < -0.39 is 17.7 Å². The van der Waals surface area contributed by atoms with E-state index in [0.717, 1.165) is 0 Å². The highest BCUT2D eigenvalue weighted by molar-refractivity contribution is 6.08. The lowest BCUT2D eigenvalue weighted by Gasteiger charge is -2.06. The summed E-state index contributed by atoms with van der Waals surface area (Å²) in [6, 6.07) is 5.21. The molecule has 0 saturated heterocycles. The first kappa shape index (κ1) is 12.9. The Bertz CT molecular complexity index is 477. The van der Waals surface area contributed by atoms with Crippen LogP contribution >= 0.6 is 0 Å². The van der Waals surface area contributed by atoms with E-state index in [2.05, 4.69) is 5.32 Å². The molecule has 1 aromatic rings. The number of carboxylic acid groups (broad SMARTS) is 1. The molecule has 5 heteroatoms. The highest BCUT2D eigenvalue weighted by atomic mass is 19.1. The summed E-state index contributed by atoms with van der Waals surface area (Å²) in [5.74, 6) is -2.06. The SMILES string of the molecule is CC(C(=O)O)=C(C)C(=O)Nc1ccc(F)cc1. The molecule has 0 fully saturated rings. The lowest BCUT2D eigenvalue weighted by Crippen LogP contribution is -2.16. The lowest BCUT2D eigenvalue weighted by atomic mass is 10.1. The van der Waals surface area contributed by atoms with E-state index in [1.165, 1.54) is 38.1 Å². The van der Waals surface area contributed by atoms with Gasteiger partial charge in [0.05, 0.1) is 0 Å². The predicted octanol–water partition coefficient (Wildman–Crippen LogP) is 2.19. The van der Waals surface area contributed by atoms with E-state index in [0.29, 0.717) is 5.69 Å². The smallest absolute Gasteiger partial charge is 0.331 e. The average molecular weight is 237 g/mol. The van der Waals surface area contributed by atoms with Gasteiger partial charge in [-0.2, -0.15) is 0 Å². The van der Waals surface area contributed by atoms with Crippen molar-refractivity contribution in [3.05, 3.63) is 41.2 Å². The third-order valence-electron chi connectivity index (χ3n) is 2.33. The summed E-state index contributed by atoms with van der Waals surface area (Å²) in [4.78, 5) is 22.3. The van der Waals surface area contributed by atoms with E-state index >= 15 is 0 Å². The van der Waals surface area contributed by atoms with Crippen molar-refractivity contribution in [2.24, 2.45) is 0 Å². The van der Waals surface area contributed by atoms with Crippen LogP contribution < -0.4 is 5.32 Å². The molecule has 0 spiro atoms. The summed E-state index contributed by atoms with van der Waals surface area (Å²) in [5.41, 5.74) is 0.500. The number of carbonyl (C=O) groups excluding carboxylic acids is 1. The monoisotopic (exact) mass is 237 g/mol. The van der Waals surface area contributed by atoms with E-state index in [9.17, 15) is 14.0 Å². The van der Waals surface area contributed by atoms with Gasteiger partial charge in [-0.1, -0.05) is 0 Å². The topological polar surface area (TPSA) is 66.4 Å². The fraction of sp³-hybridized carbons (Fsp3) is 0.167. The Labute approximate surface area is 97.8 Å². The molecule has 0 bridgehead atoms. The number of rotatable bonds is 3. The molecule has 0 aliphatic rings. The first-order valence-corrected chi connectivity index (χ1v) is 4.89. The van der Waals surface area contributed by atoms with Crippen LogP contribution in [0.3, 0.4) is 0 Å². The normalized spacial score (nSPS) is 11.7. The number of hydrogen-bond acceptors (Lipinski definition) is 2. The molecule has 0 heterocycles. The number of amides is 1. The summed E-state index contributed by atoms with van der Waals surface area (Å²) < 4.78 is 12.6. The molecule has 2 N–H and O–H groups in total. The molecule has 0 saturated carbocycles. The van der Waals surface area contributed by atoms with Gasteiger partial charge in [0.1, 0.15) is 5.82 Å². The van der Waals surface area contributed by atoms with Crippen molar-refractivity contribution >= 4 is 17.6 Å². The van der Waals surface area contributed by atoms with Gasteiger partial charge >= 0.3 is 5.97 Å². The maximum absolute atomic E-state index is 12.6. The number of aliphatic carboxylic acids is 1. The molecule has 0 aromatic heterocycles. The molecule has 0 radical (unpaired) electrons. The second-order valence-corrected chi connectivity index (χ2v) is 3.52. The molecule has 0 aliphatic heterocycles. The fourth-order valence-corrected chi connectivity index (χ4v) is 1.09. The van der Waals surface area contributed by atoms with Crippen LogP contribution in [-0.2, 0) is 9.59 Å². The van der Waals surface area contributed by atoms with Crippen molar-refractivity contribution in [2.45, 2.75) is 13.8 Å². The van der Waals surface area contributed by atoms with E-state index in [-0.39, 0.29) is 11.1 Å². The van der Waals surface area contributed by atoms with Crippen molar-refractivity contribution in [2.75, 3.05) is 5.32 Å². The summed E-state index contributed by atoms with van der Waals surface area (Å²) in [5, 5.41) is 11.2. The van der Waals surface area contributed by atoms with Crippen LogP contribution in [-0.4, -0.2) is 17.0 Å². The highest BCUT2D eigenvalue weighted by Crippen LogP contribution is 2.11. The van der Waals surface area contributed by atoms with Crippen LogP contribution in [0.2, 0.25) is 0 Å². The van der Waals surface area contributed by atoms with Gasteiger partial charge in [-0.15, -0.1) is 0 Å². The van der Waals surface area contributed by atoms with Crippen molar-refractivity contribution < 1.29 is 19.1 Å². The number of halogens is 1. The highest BCUT2D eigenvalue weighted by Gasteiger charge is 2.12. The van der Waals surface area contributed by atoms with Crippen molar-refractivity contribution in [3.63, 3.8) is 0 Å². The molecule has 17 heavy (non-hydrogen) atoms. The Hall–Kier alpha value is -2.17. The zero-order chi connectivity index (χ0) is 13.0. The standard InChI is InChI=1S/C12H12FNO3/c1-7(8(2)12(16)17)11(15)14-10-5-3-9(13)4-6-10/h3-6H,1-2H3,(H,14,15)(H,16,17). The summed E-state index contributed by atoms with van der Waals surface area (Å²) in [7, 11) is 0. The number of carbonyl (C=O) groups is 2. The number of nitrogens with one attached hydrogen (secondary N) is 1. The minimum absolute atomic E-state index is 0.0235. The second kappa shape index (κ2) is 5.25. The number of benzene rings is 1. The van der Waals surface area contributed by atoms with Gasteiger partial charge in [0, 0.05) is 16.8 Å². The Balaban J connectivity index is 2.83. The maximum atomic E-state index is 12.6. The van der Waals surface area contributed by atoms with Gasteiger partial charge < -0.3 is 10.4 Å². The van der Waals surface area contributed by atoms with E-state index in [1.54, 1.807) is 0 Å². The van der Waals surface area contributed by atoms with Crippen LogP contribution in [0.25, 0.3) is 0 Å². The van der Waals surface area contributed by atoms with Crippen LogP contribution in [0.4, 0.5) is 10.1 Å². The van der Waals surface area contributed by atoms with Crippen molar-refractivity contribution in [3.8, 4) is 0 Å². The third-order valence-corrected chi connectivity index (χ3v) is 2.33.